The van der Waals surface area contributed by atoms with Crippen LogP contribution in [0.25, 0.3) is 0 Å². The van der Waals surface area contributed by atoms with E-state index in [0.29, 0.717) is 0 Å². The molecule has 18 heavy (non-hydrogen) atoms. The van der Waals surface area contributed by atoms with Crippen LogP contribution in [0.1, 0.15) is 11.7 Å². The van der Waals surface area contributed by atoms with Crippen LogP contribution >= 0.6 is 0 Å². The van der Waals surface area contributed by atoms with Crippen LogP contribution in [0, 0.1) is 12.9 Å². The van der Waals surface area contributed by atoms with Crippen LogP contribution in [0.5, 0.6) is 5.75 Å². The zero-order chi connectivity index (χ0) is 14.1. The second-order valence-corrected chi connectivity index (χ2v) is 2.54. The third kappa shape index (κ3) is 8.09. The summed E-state index contributed by atoms with van der Waals surface area (Å²) in [4.78, 5) is 11.2. The molecule has 1 aromatic rings. The summed E-state index contributed by atoms with van der Waals surface area (Å²) in [7, 11) is -0.828. The second kappa shape index (κ2) is 10.8. The standard InChI is InChI=1S/C9H9FNO2.BF3.K/c1-11-9(12)7-5-6(10)3-4-8(7)13-2;2-1(3)4;/h3-5H,1H2,2H3,(H,11,12);;/q-1;;+1/i2D;;. The van der Waals surface area contributed by atoms with Crippen molar-refractivity contribution in [3.63, 3.8) is 0 Å². The quantitative estimate of drug-likeness (QED) is 0.442. The fourth-order valence-corrected chi connectivity index (χ4v) is 0.901. The molecule has 0 fully saturated rings. The summed E-state index contributed by atoms with van der Waals surface area (Å²) in [6, 6.07) is 3.49. The number of nitrogens with one attached hydrogen (secondary N) is 1. The van der Waals surface area contributed by atoms with Crippen molar-refractivity contribution in [2.45, 2.75) is 0 Å². The van der Waals surface area contributed by atoms with Gasteiger partial charge in [0.05, 0.1) is 14.0 Å². The van der Waals surface area contributed by atoms with E-state index in [1.54, 1.807) is 0 Å². The molecule has 0 aromatic heterocycles. The Morgan fingerprint density at radius 1 is 1.50 bits per heavy atom. The number of halogens is 4. The Morgan fingerprint density at radius 2 is 2.06 bits per heavy atom. The number of benzene rings is 1. The maximum Gasteiger partial charge on any atom is 1.00 e. The molecule has 0 unspecified atom stereocenters. The van der Waals surface area contributed by atoms with E-state index in [4.69, 9.17) is 6.11 Å². The van der Waals surface area contributed by atoms with Crippen LogP contribution in [0.4, 0.5) is 17.3 Å². The number of methoxy groups -OCH3 is 1. The third-order valence-corrected chi connectivity index (χ3v) is 1.50. The van der Waals surface area contributed by atoms with Crippen LogP contribution in [-0.4, -0.2) is 20.5 Å². The molecule has 94 valence electrons. The Balaban J connectivity index is 0. The van der Waals surface area contributed by atoms with Crippen molar-refractivity contribution in [1.82, 2.24) is 5.32 Å². The predicted octanol–water partition coefficient (Wildman–Crippen LogP) is -0.761. The number of rotatable bonds is 2. The van der Waals surface area contributed by atoms with Crippen molar-refractivity contribution >= 4 is 13.5 Å². The van der Waals surface area contributed by atoms with Crippen LogP contribution in [0.3, 0.4) is 0 Å². The van der Waals surface area contributed by atoms with Gasteiger partial charge in [-0.25, -0.2) is 4.39 Å². The van der Waals surface area contributed by atoms with Crippen LogP contribution < -0.4 is 61.4 Å². The number of ether oxygens (including phenoxy) is 1. The van der Waals surface area contributed by atoms with Crippen LogP contribution in [0.2, 0.25) is 0 Å². The van der Waals surface area contributed by atoms with Gasteiger partial charge < -0.3 is 10.1 Å². The van der Waals surface area contributed by atoms with Gasteiger partial charge >= 0.3 is 58.9 Å². The second-order valence-electron chi connectivity index (χ2n) is 2.54. The van der Waals surface area contributed by atoms with Crippen molar-refractivity contribution in [1.29, 1.82) is 0 Å². The molecular weight excluding hydrogens is 280 g/mol. The van der Waals surface area contributed by atoms with Gasteiger partial charge in [-0.2, -0.15) is 0 Å². The molecule has 1 rings (SSSR count). The molecule has 0 aliphatic rings. The maximum absolute atomic E-state index is 12.8. The van der Waals surface area contributed by atoms with Gasteiger partial charge in [0.25, 0.3) is 0 Å². The van der Waals surface area contributed by atoms with E-state index in [1.165, 1.54) is 6.07 Å². The Morgan fingerprint density at radius 3 is 2.50 bits per heavy atom. The largest absolute Gasteiger partial charge is 1.00 e. The van der Waals surface area contributed by atoms with E-state index in [2.05, 4.69) is 12.4 Å². The third-order valence-electron chi connectivity index (χ3n) is 1.50. The molecule has 0 saturated heterocycles. The van der Waals surface area contributed by atoms with E-state index >= 15 is 0 Å². The van der Waals surface area contributed by atoms with Gasteiger partial charge in [-0.3, -0.25) is 24.8 Å². The minimum absolute atomic E-state index is 0. The number of carbonyl (C=O) groups excluding carboxylic acids is 1. The average molecular weight is 290 g/mol. The van der Waals surface area contributed by atoms with E-state index in [9.17, 15) is 22.1 Å². The molecule has 0 spiro atoms. The van der Waals surface area contributed by atoms with Crippen LogP contribution in [0.15, 0.2) is 18.2 Å². The molecule has 0 heterocycles. The topological polar surface area (TPSA) is 38.3 Å². The normalized spacial score (nSPS) is 9.06. The van der Waals surface area contributed by atoms with E-state index in [0.717, 1.165) is 12.1 Å². The molecule has 3 nitrogen and oxygen atoms in total. The molecule has 0 aliphatic carbocycles. The van der Waals surface area contributed by atoms with E-state index < -0.39 is 19.3 Å². The fourth-order valence-electron chi connectivity index (χ4n) is 0.901. The molecule has 1 amide bonds. The molecule has 0 radical (unpaired) electrons. The first-order valence-corrected chi connectivity index (χ1v) is 4.13. The van der Waals surface area contributed by atoms with E-state index in [1.807, 2.05) is 0 Å². The monoisotopic (exact) mass is 290 g/mol. The zero-order valence-corrected chi connectivity index (χ0v) is 12.7. The number of hydrogen-bond donors (Lipinski definition) is 1. The maximum atomic E-state index is 12.8. The molecule has 0 bridgehead atoms. The summed E-state index contributed by atoms with van der Waals surface area (Å²) in [5.74, 6) is -0.920. The SMILES string of the molecule is FB(F)F.[2H]COc1ccc(F)cc1C(=O)N[CH2-].[K+]. The zero-order valence-electron chi connectivity index (χ0n) is 10.6. The molecule has 9 heteroatoms. The van der Waals surface area contributed by atoms with Gasteiger partial charge in [-0.15, -0.1) is 0 Å². The molecule has 0 aliphatic heterocycles. The molecule has 0 saturated carbocycles. The first-order chi connectivity index (χ1) is 8.42. The summed E-state index contributed by atoms with van der Waals surface area (Å²) in [6.07, 6.45) is 0. The first kappa shape index (κ1) is 17.9. The smallest absolute Gasteiger partial charge is 0.504 e. The van der Waals surface area contributed by atoms with Gasteiger partial charge in [0.1, 0.15) is 11.6 Å². The number of carbonyl (C=O) groups is 1. The Bertz CT molecular complexity index is 398. The van der Waals surface area contributed by atoms with E-state index in [-0.39, 0.29) is 69.8 Å². The average Bonchev–Trinajstić information content (AvgIpc) is 2.30. The summed E-state index contributed by atoms with van der Waals surface area (Å²) in [5, 5.41) is 2.11. The van der Waals surface area contributed by atoms with Gasteiger partial charge in [0, 0.05) is 0 Å². The van der Waals surface area contributed by atoms with Crippen molar-refractivity contribution in [2.24, 2.45) is 0 Å². The van der Waals surface area contributed by atoms with Crippen molar-refractivity contribution in [3.8, 4) is 5.75 Å². The molecule has 1 aromatic carbocycles. The first-order valence-electron chi connectivity index (χ1n) is 4.84. The van der Waals surface area contributed by atoms with Gasteiger partial charge in [0.15, 0.2) is 0 Å². The minimum atomic E-state index is -3.67. The summed E-state index contributed by atoms with van der Waals surface area (Å²) in [5.41, 5.74) is 0.0345. The van der Waals surface area contributed by atoms with Crippen molar-refractivity contribution < 1.29 is 79.6 Å². The summed E-state index contributed by atoms with van der Waals surface area (Å²) in [6.45, 7) is 0. The Hall–Kier alpha value is -0.0887. The summed E-state index contributed by atoms with van der Waals surface area (Å²) >= 11 is 0. The predicted molar refractivity (Wildman–Crippen MR) is 54.9 cm³/mol. The fraction of sp³-hybridized carbons (Fsp3) is 0.111. The van der Waals surface area contributed by atoms with Crippen LogP contribution in [-0.2, 0) is 0 Å². The number of amides is 1. The summed E-state index contributed by atoms with van der Waals surface area (Å²) < 4.78 is 53.4. The number of hydrogen-bond acceptors (Lipinski definition) is 2. The van der Waals surface area contributed by atoms with Crippen molar-refractivity contribution in [2.75, 3.05) is 7.09 Å². The van der Waals surface area contributed by atoms with Gasteiger partial charge in [-0.1, -0.05) is 0 Å². The molecule has 1 N–H and O–H groups in total. The Labute approximate surface area is 146 Å². The minimum Gasteiger partial charge on any atom is -0.504 e. The molecular formula is C9H9BF4KNO2. The van der Waals surface area contributed by atoms with Crippen molar-refractivity contribution in [3.05, 3.63) is 36.6 Å². The Kier molecular flexibility index (Phi) is 10.7. The molecule has 0 atom stereocenters. The van der Waals surface area contributed by atoms with Gasteiger partial charge in [-0.05, 0) is 18.2 Å². The van der Waals surface area contributed by atoms with Gasteiger partial charge in [0.2, 0.25) is 5.91 Å².